The number of carbonyl (C=O) groups is 1. The maximum atomic E-state index is 12.7. The minimum absolute atomic E-state index is 0.183. The Bertz CT molecular complexity index is 668. The summed E-state index contributed by atoms with van der Waals surface area (Å²) in [5.74, 6) is -0.386. The van der Waals surface area contributed by atoms with Gasteiger partial charge in [0.15, 0.2) is 5.25 Å². The number of benzene rings is 1. The summed E-state index contributed by atoms with van der Waals surface area (Å²) < 4.78 is 27.0. The Labute approximate surface area is 138 Å². The summed E-state index contributed by atoms with van der Waals surface area (Å²) in [5.41, 5.74) is 1.04. The molecule has 0 radical (unpaired) electrons. The van der Waals surface area contributed by atoms with Crippen LogP contribution in [0.2, 0.25) is 0 Å². The van der Waals surface area contributed by atoms with Gasteiger partial charge in [-0.1, -0.05) is 42.5 Å². The zero-order chi connectivity index (χ0) is 17.0. The van der Waals surface area contributed by atoms with Crippen LogP contribution in [0.4, 0.5) is 0 Å². The van der Waals surface area contributed by atoms with Crippen molar-refractivity contribution < 1.29 is 13.2 Å². The smallest absolute Gasteiger partial charge is 0.241 e. The Hall–Kier alpha value is -1.66. The second-order valence-corrected chi connectivity index (χ2v) is 8.22. The Kier molecular flexibility index (Phi) is 5.59. The van der Waals surface area contributed by atoms with Crippen molar-refractivity contribution in [1.82, 2.24) is 9.21 Å². The monoisotopic (exact) mass is 336 g/mol. The van der Waals surface area contributed by atoms with Gasteiger partial charge in [0.25, 0.3) is 0 Å². The molecule has 5 nitrogen and oxygen atoms in total. The van der Waals surface area contributed by atoms with Crippen molar-refractivity contribution >= 4 is 22.0 Å². The van der Waals surface area contributed by atoms with E-state index in [9.17, 15) is 13.2 Å². The van der Waals surface area contributed by atoms with Crippen LogP contribution in [-0.2, 0) is 14.8 Å². The lowest BCUT2D eigenvalue weighted by Gasteiger charge is -2.26. The molecule has 1 aliphatic heterocycles. The third-order valence-corrected chi connectivity index (χ3v) is 6.32. The summed E-state index contributed by atoms with van der Waals surface area (Å²) in [6, 6.07) is 9.60. The maximum Gasteiger partial charge on any atom is 0.241 e. The van der Waals surface area contributed by atoms with Crippen LogP contribution in [0.1, 0.15) is 25.3 Å². The summed E-state index contributed by atoms with van der Waals surface area (Å²) >= 11 is 0. The van der Waals surface area contributed by atoms with E-state index in [0.29, 0.717) is 6.54 Å². The van der Waals surface area contributed by atoms with Crippen LogP contribution in [0, 0.1) is 0 Å². The van der Waals surface area contributed by atoms with Gasteiger partial charge in [-0.25, -0.2) is 8.42 Å². The largest absolute Gasteiger partial charge is 0.348 e. The van der Waals surface area contributed by atoms with E-state index in [-0.39, 0.29) is 11.9 Å². The fraction of sp³-hybridized carbons (Fsp3) is 0.471. The molecule has 126 valence electrons. The number of carbonyl (C=O) groups excluding carboxylic acids is 1. The molecule has 1 heterocycles. The first kappa shape index (κ1) is 17.7. The van der Waals surface area contributed by atoms with Gasteiger partial charge in [0.05, 0.1) is 0 Å². The minimum Gasteiger partial charge on any atom is -0.348 e. The number of hydrogen-bond donors (Lipinski definition) is 0. The molecule has 1 aromatic carbocycles. The minimum atomic E-state index is -3.65. The van der Waals surface area contributed by atoms with Gasteiger partial charge in [-0.05, 0) is 25.3 Å². The molecule has 0 bridgehead atoms. The topological polar surface area (TPSA) is 57.7 Å². The van der Waals surface area contributed by atoms with Gasteiger partial charge in [0.2, 0.25) is 15.9 Å². The Morgan fingerprint density at radius 1 is 1.30 bits per heavy atom. The lowest BCUT2D eigenvalue weighted by molar-refractivity contribution is -0.128. The number of rotatable bonds is 5. The number of hydrogen-bond acceptors (Lipinski definition) is 3. The molecule has 1 aromatic rings. The van der Waals surface area contributed by atoms with Crippen LogP contribution in [0.3, 0.4) is 0 Å². The summed E-state index contributed by atoms with van der Waals surface area (Å²) in [4.78, 5) is 13.4. The summed E-state index contributed by atoms with van der Waals surface area (Å²) in [7, 11) is -0.497. The maximum absolute atomic E-state index is 12.7. The zero-order valence-corrected chi connectivity index (χ0v) is 14.7. The lowest BCUT2D eigenvalue weighted by Crippen LogP contribution is -2.46. The normalized spacial score (nSPS) is 20.7. The van der Waals surface area contributed by atoms with E-state index in [1.54, 1.807) is 14.1 Å². The lowest BCUT2D eigenvalue weighted by atomic mass is 10.1. The Balaban J connectivity index is 2.17. The summed E-state index contributed by atoms with van der Waals surface area (Å²) in [5, 5.41) is -1.05. The molecular formula is C17H24N2O3S. The van der Waals surface area contributed by atoms with Crippen molar-refractivity contribution in [3.05, 3.63) is 42.0 Å². The molecule has 0 N–H and O–H groups in total. The van der Waals surface area contributed by atoms with E-state index in [1.165, 1.54) is 16.1 Å². The first-order chi connectivity index (χ1) is 10.8. The van der Waals surface area contributed by atoms with Crippen molar-refractivity contribution in [3.8, 4) is 0 Å². The second kappa shape index (κ2) is 7.27. The molecule has 0 saturated carbocycles. The van der Waals surface area contributed by atoms with Gasteiger partial charge in [-0.2, -0.15) is 4.31 Å². The van der Waals surface area contributed by atoms with Crippen LogP contribution in [0.15, 0.2) is 36.4 Å². The van der Waals surface area contributed by atoms with Crippen molar-refractivity contribution in [3.63, 3.8) is 0 Å². The highest BCUT2D eigenvalue weighted by atomic mass is 32.2. The van der Waals surface area contributed by atoms with Gasteiger partial charge >= 0.3 is 0 Å². The van der Waals surface area contributed by atoms with Gasteiger partial charge in [-0.3, -0.25) is 4.79 Å². The first-order valence-electron chi connectivity index (χ1n) is 7.79. The summed E-state index contributed by atoms with van der Waals surface area (Å²) in [6.45, 7) is 1.94. The van der Waals surface area contributed by atoms with Gasteiger partial charge < -0.3 is 4.90 Å². The third-order valence-electron chi connectivity index (χ3n) is 4.12. The Morgan fingerprint density at radius 3 is 2.57 bits per heavy atom. The van der Waals surface area contributed by atoms with E-state index in [2.05, 4.69) is 0 Å². The van der Waals surface area contributed by atoms with Crippen LogP contribution in [0.5, 0.6) is 0 Å². The molecular weight excluding hydrogens is 312 g/mol. The average molecular weight is 336 g/mol. The molecule has 1 fully saturated rings. The highest BCUT2D eigenvalue weighted by molar-refractivity contribution is 7.90. The van der Waals surface area contributed by atoms with E-state index in [0.717, 1.165) is 18.4 Å². The zero-order valence-electron chi connectivity index (χ0n) is 13.8. The van der Waals surface area contributed by atoms with E-state index >= 15 is 0 Å². The molecule has 0 aromatic heterocycles. The quantitative estimate of drug-likeness (QED) is 0.826. The van der Waals surface area contributed by atoms with E-state index < -0.39 is 15.3 Å². The van der Waals surface area contributed by atoms with E-state index in [4.69, 9.17) is 0 Å². The van der Waals surface area contributed by atoms with E-state index in [1.807, 2.05) is 42.5 Å². The molecule has 1 saturated heterocycles. The predicted octanol–water partition coefficient (Wildman–Crippen LogP) is 1.97. The summed E-state index contributed by atoms with van der Waals surface area (Å²) in [6.07, 6.45) is 5.46. The molecule has 1 amide bonds. The fourth-order valence-electron chi connectivity index (χ4n) is 2.75. The highest BCUT2D eigenvalue weighted by Crippen LogP contribution is 2.25. The SMILES string of the molecule is CC(C(=O)N(C)C)S(=O)(=O)N1CCCC1C=Cc1ccccc1. The molecule has 0 spiro atoms. The highest BCUT2D eigenvalue weighted by Gasteiger charge is 2.39. The number of nitrogens with zero attached hydrogens (tertiary/aromatic N) is 2. The van der Waals surface area contributed by atoms with Crippen LogP contribution >= 0.6 is 0 Å². The fourth-order valence-corrected chi connectivity index (χ4v) is 4.56. The van der Waals surface area contributed by atoms with Crippen molar-refractivity contribution in [1.29, 1.82) is 0 Å². The first-order valence-corrected chi connectivity index (χ1v) is 9.29. The third kappa shape index (κ3) is 4.00. The van der Waals surface area contributed by atoms with Gasteiger partial charge in [0.1, 0.15) is 0 Å². The predicted molar refractivity (Wildman–Crippen MR) is 92.3 cm³/mol. The molecule has 2 atom stereocenters. The van der Waals surface area contributed by atoms with Crippen LogP contribution < -0.4 is 0 Å². The molecule has 0 aliphatic carbocycles. The molecule has 23 heavy (non-hydrogen) atoms. The molecule has 2 unspecified atom stereocenters. The molecule has 6 heteroatoms. The standard InChI is InChI=1S/C17H24N2O3S/c1-14(17(20)18(2)3)23(21,22)19-13-7-10-16(19)12-11-15-8-5-4-6-9-15/h4-6,8-9,11-12,14,16H,7,10,13H2,1-3H3. The van der Waals surface area contributed by atoms with Crippen LogP contribution in [0.25, 0.3) is 6.08 Å². The van der Waals surface area contributed by atoms with Gasteiger partial charge in [0, 0.05) is 26.7 Å². The van der Waals surface area contributed by atoms with Crippen molar-refractivity contribution in [2.24, 2.45) is 0 Å². The molecule has 2 rings (SSSR count). The van der Waals surface area contributed by atoms with Gasteiger partial charge in [-0.15, -0.1) is 0 Å². The number of amides is 1. The van der Waals surface area contributed by atoms with Crippen molar-refractivity contribution in [2.45, 2.75) is 31.1 Å². The second-order valence-electron chi connectivity index (χ2n) is 6.01. The average Bonchev–Trinajstić information content (AvgIpc) is 3.01. The van der Waals surface area contributed by atoms with Crippen molar-refractivity contribution in [2.75, 3.05) is 20.6 Å². The molecule has 1 aliphatic rings. The van der Waals surface area contributed by atoms with Crippen LogP contribution in [-0.4, -0.2) is 55.5 Å². The Morgan fingerprint density at radius 2 is 1.96 bits per heavy atom. The number of sulfonamides is 1.